The summed E-state index contributed by atoms with van der Waals surface area (Å²) in [4.78, 5) is 2.11. The van der Waals surface area contributed by atoms with Gasteiger partial charge in [-0.1, -0.05) is 0 Å². The molecule has 0 aromatic carbocycles. The first kappa shape index (κ1) is 9.29. The van der Waals surface area contributed by atoms with Crippen LogP contribution in [0.15, 0.2) is 10.4 Å². The third-order valence-corrected chi connectivity index (χ3v) is 13.0. The molecule has 0 N–H and O–H groups in total. The Morgan fingerprint density at radius 3 is 2.00 bits per heavy atom. The van der Waals surface area contributed by atoms with Crippen molar-refractivity contribution in [2.24, 2.45) is 0 Å². The van der Waals surface area contributed by atoms with E-state index < -0.39 is 12.3 Å². The van der Waals surface area contributed by atoms with E-state index in [2.05, 4.69) is 17.4 Å². The van der Waals surface area contributed by atoms with E-state index in [4.69, 9.17) is 11.6 Å². The summed E-state index contributed by atoms with van der Waals surface area (Å²) in [5, 5.41) is 0. The zero-order valence-electron chi connectivity index (χ0n) is 4.80. The van der Waals surface area contributed by atoms with Gasteiger partial charge in [0.2, 0.25) is 0 Å². The maximum absolute atomic E-state index is 5.38. The third-order valence-electron chi connectivity index (χ3n) is 0.538. The van der Waals surface area contributed by atoms with Crippen LogP contribution in [0.25, 0.3) is 0 Å². The Morgan fingerprint density at radius 1 is 1.38 bits per heavy atom. The molecule has 0 saturated heterocycles. The van der Waals surface area contributed by atoms with E-state index >= 15 is 0 Å². The molecule has 0 aromatic heterocycles. The Bertz CT molecular complexity index is 72.4. The van der Waals surface area contributed by atoms with Gasteiger partial charge in [-0.25, -0.2) is 0 Å². The second-order valence-corrected chi connectivity index (χ2v) is 13.6. The topological polar surface area (TPSA) is 0 Å². The summed E-state index contributed by atoms with van der Waals surface area (Å²) in [6, 6.07) is 0. The molecule has 0 bridgehead atoms. The standard InChI is InChI=1S/C4H8AsClS2/c1-7-5(8-2)3-4-6/h3-4H,1-2H3/b4-3+. The third kappa shape index (κ3) is 4.20. The molecule has 0 radical (unpaired) electrons. The van der Waals surface area contributed by atoms with Crippen molar-refractivity contribution in [3.63, 3.8) is 0 Å². The molecule has 0 atom stereocenters. The monoisotopic (exact) mass is 230 g/mol. The minimum atomic E-state index is -0.731. The van der Waals surface area contributed by atoms with E-state index in [0.29, 0.717) is 0 Å². The van der Waals surface area contributed by atoms with Crippen molar-refractivity contribution in [1.29, 1.82) is 0 Å². The van der Waals surface area contributed by atoms with E-state index in [1.54, 1.807) is 5.54 Å². The molecule has 0 amide bonds. The quantitative estimate of drug-likeness (QED) is 0.684. The molecular weight excluding hydrogens is 223 g/mol. The summed E-state index contributed by atoms with van der Waals surface area (Å²) < 4.78 is 0. The van der Waals surface area contributed by atoms with Gasteiger partial charge in [-0.2, -0.15) is 0 Å². The van der Waals surface area contributed by atoms with Gasteiger partial charge >= 0.3 is 66.9 Å². The van der Waals surface area contributed by atoms with Crippen LogP contribution in [0.5, 0.6) is 0 Å². The van der Waals surface area contributed by atoms with Gasteiger partial charge < -0.3 is 0 Å². The van der Waals surface area contributed by atoms with Crippen LogP contribution in [0.1, 0.15) is 0 Å². The SMILES string of the molecule is CS[As](/C=C/Cl)SC. The van der Waals surface area contributed by atoms with Crippen LogP contribution < -0.4 is 0 Å². The summed E-state index contributed by atoms with van der Waals surface area (Å²) in [6.07, 6.45) is 4.26. The van der Waals surface area contributed by atoms with E-state index in [1.165, 1.54) is 0 Å². The van der Waals surface area contributed by atoms with Crippen LogP contribution in [-0.4, -0.2) is 24.8 Å². The number of hydrogen-bond donors (Lipinski definition) is 0. The average molecular weight is 231 g/mol. The molecule has 0 aliphatic carbocycles. The van der Waals surface area contributed by atoms with E-state index in [-0.39, 0.29) is 0 Å². The molecule has 48 valence electrons. The van der Waals surface area contributed by atoms with Crippen molar-refractivity contribution in [3.05, 3.63) is 10.4 Å². The number of rotatable bonds is 3. The van der Waals surface area contributed by atoms with Crippen molar-refractivity contribution in [1.82, 2.24) is 0 Å². The molecule has 0 rings (SSSR count). The Morgan fingerprint density at radius 2 is 1.88 bits per heavy atom. The normalized spacial score (nSPS) is 11.5. The molecule has 0 fully saturated rings. The molecule has 0 nitrogen and oxygen atoms in total. The van der Waals surface area contributed by atoms with Gasteiger partial charge in [0.1, 0.15) is 0 Å². The molecule has 4 heteroatoms. The van der Waals surface area contributed by atoms with Crippen molar-refractivity contribution in [2.75, 3.05) is 12.5 Å². The predicted molar refractivity (Wildman–Crippen MR) is 47.8 cm³/mol. The molecular formula is C4H8AsClS2. The first-order valence-electron chi connectivity index (χ1n) is 1.99. The summed E-state index contributed by atoms with van der Waals surface area (Å²) >= 11 is 4.65. The summed E-state index contributed by atoms with van der Waals surface area (Å²) in [6.45, 7) is 0. The fourth-order valence-corrected chi connectivity index (χ4v) is 7.53. The fourth-order valence-electron chi connectivity index (χ4n) is 0.242. The van der Waals surface area contributed by atoms with Crippen LogP contribution in [0.3, 0.4) is 0 Å². The zero-order chi connectivity index (χ0) is 6.41. The molecule has 0 aromatic rings. The summed E-state index contributed by atoms with van der Waals surface area (Å²) in [5.74, 6) is 0. The molecule has 8 heavy (non-hydrogen) atoms. The molecule has 0 aliphatic heterocycles. The zero-order valence-corrected chi connectivity index (χ0v) is 9.06. The maximum atomic E-state index is 5.38. The molecule has 0 unspecified atom stereocenters. The van der Waals surface area contributed by atoms with Gasteiger partial charge in [-0.15, -0.1) is 0 Å². The van der Waals surface area contributed by atoms with Gasteiger partial charge in [0.15, 0.2) is 0 Å². The Labute approximate surface area is 66.7 Å². The van der Waals surface area contributed by atoms with Gasteiger partial charge in [-0.3, -0.25) is 0 Å². The van der Waals surface area contributed by atoms with Crippen molar-refractivity contribution >= 4 is 44.0 Å². The van der Waals surface area contributed by atoms with Gasteiger partial charge in [0.25, 0.3) is 0 Å². The van der Waals surface area contributed by atoms with Crippen molar-refractivity contribution in [3.8, 4) is 0 Å². The molecule has 0 spiro atoms. The molecule has 0 heterocycles. The summed E-state index contributed by atoms with van der Waals surface area (Å²) in [7, 11) is 3.86. The first-order chi connectivity index (χ1) is 3.85. The van der Waals surface area contributed by atoms with Gasteiger partial charge in [0.05, 0.1) is 0 Å². The van der Waals surface area contributed by atoms with Crippen LogP contribution in [-0.2, 0) is 0 Å². The van der Waals surface area contributed by atoms with Crippen LogP contribution in [0.2, 0.25) is 0 Å². The predicted octanol–water partition coefficient (Wildman–Crippen LogP) is 2.49. The fraction of sp³-hybridized carbons (Fsp3) is 0.500. The second kappa shape index (κ2) is 6.41. The van der Waals surface area contributed by atoms with E-state index in [1.807, 2.05) is 20.0 Å². The average Bonchev–Trinajstić information content (AvgIpc) is 1.83. The first-order valence-corrected chi connectivity index (χ1v) is 10.5. The van der Waals surface area contributed by atoms with Crippen LogP contribution >= 0.6 is 31.6 Å². The molecule has 0 saturated carbocycles. The Hall–Kier alpha value is 1.29. The van der Waals surface area contributed by atoms with Gasteiger partial charge in [0, 0.05) is 0 Å². The van der Waals surface area contributed by atoms with Crippen LogP contribution in [0.4, 0.5) is 0 Å². The second-order valence-electron chi connectivity index (χ2n) is 0.926. The number of halogens is 1. The van der Waals surface area contributed by atoms with Crippen LogP contribution in [0, 0.1) is 0 Å². The number of hydrogen-bond acceptors (Lipinski definition) is 2. The Kier molecular flexibility index (Phi) is 7.44. The molecule has 0 aliphatic rings. The van der Waals surface area contributed by atoms with Crippen molar-refractivity contribution < 1.29 is 0 Å². The van der Waals surface area contributed by atoms with Gasteiger partial charge in [-0.05, 0) is 0 Å². The van der Waals surface area contributed by atoms with E-state index in [9.17, 15) is 0 Å². The Balaban J connectivity index is 3.36. The van der Waals surface area contributed by atoms with E-state index in [0.717, 1.165) is 0 Å². The van der Waals surface area contributed by atoms with Crippen molar-refractivity contribution in [2.45, 2.75) is 0 Å². The summed E-state index contributed by atoms with van der Waals surface area (Å²) in [5.41, 5.74) is 1.63. The minimum absolute atomic E-state index is 0.731.